The number of benzene rings is 1. The summed E-state index contributed by atoms with van der Waals surface area (Å²) in [6.45, 7) is 7.60. The molecule has 124 valence electrons. The topological polar surface area (TPSA) is 41.5 Å². The fraction of sp³-hybridized carbons (Fsp3) is 0.500. The summed E-state index contributed by atoms with van der Waals surface area (Å²) in [5.41, 5.74) is 0.968. The van der Waals surface area contributed by atoms with E-state index in [2.05, 4.69) is 26.1 Å². The first-order valence-electron chi connectivity index (χ1n) is 7.68. The molecule has 0 amide bonds. The van der Waals surface area contributed by atoms with Crippen LogP contribution in [0.1, 0.15) is 18.3 Å². The molecule has 23 heavy (non-hydrogen) atoms. The first-order chi connectivity index (χ1) is 11.1. The van der Waals surface area contributed by atoms with Crippen molar-refractivity contribution in [2.24, 2.45) is 0 Å². The zero-order valence-corrected chi connectivity index (χ0v) is 14.4. The second-order valence-electron chi connectivity index (χ2n) is 5.86. The van der Waals surface area contributed by atoms with Gasteiger partial charge >= 0.3 is 0 Å². The first-order valence-corrected chi connectivity index (χ1v) is 8.46. The third-order valence-electron chi connectivity index (χ3n) is 4.15. The minimum absolute atomic E-state index is 0.290. The van der Waals surface area contributed by atoms with Crippen LogP contribution in [0.5, 0.6) is 5.75 Å². The summed E-state index contributed by atoms with van der Waals surface area (Å²) < 4.78 is 23.0. The lowest BCUT2D eigenvalue weighted by Gasteiger charge is -2.39. The SMILES string of the molecule is COc1ccc(CN2CCN(c3nc(C)ns3)CC2C)cc1F. The molecule has 1 atom stereocenters. The highest BCUT2D eigenvalue weighted by Crippen LogP contribution is 2.23. The molecule has 1 aromatic carbocycles. The van der Waals surface area contributed by atoms with Crippen molar-refractivity contribution in [2.75, 3.05) is 31.6 Å². The van der Waals surface area contributed by atoms with Crippen molar-refractivity contribution in [3.8, 4) is 5.75 Å². The van der Waals surface area contributed by atoms with Crippen molar-refractivity contribution < 1.29 is 9.13 Å². The molecule has 1 aromatic heterocycles. The summed E-state index contributed by atoms with van der Waals surface area (Å²) in [4.78, 5) is 9.10. The Labute approximate surface area is 139 Å². The molecule has 1 aliphatic heterocycles. The monoisotopic (exact) mass is 336 g/mol. The number of aromatic nitrogens is 2. The van der Waals surface area contributed by atoms with Gasteiger partial charge < -0.3 is 9.64 Å². The second-order valence-corrected chi connectivity index (χ2v) is 6.59. The lowest BCUT2D eigenvalue weighted by molar-refractivity contribution is 0.180. The lowest BCUT2D eigenvalue weighted by atomic mass is 10.1. The molecule has 0 radical (unpaired) electrons. The van der Waals surface area contributed by atoms with E-state index < -0.39 is 0 Å². The molecule has 2 heterocycles. The van der Waals surface area contributed by atoms with Crippen LogP contribution in [-0.4, -0.2) is 47.0 Å². The predicted molar refractivity (Wildman–Crippen MR) is 89.7 cm³/mol. The maximum absolute atomic E-state index is 13.8. The first kappa shape index (κ1) is 16.1. The molecule has 0 N–H and O–H groups in total. The van der Waals surface area contributed by atoms with Gasteiger partial charge in [0, 0.05) is 43.8 Å². The summed E-state index contributed by atoms with van der Waals surface area (Å²) >= 11 is 1.45. The molecule has 5 nitrogen and oxygen atoms in total. The average molecular weight is 336 g/mol. The van der Waals surface area contributed by atoms with E-state index in [1.165, 1.54) is 18.6 Å². The number of hydrogen-bond donors (Lipinski definition) is 0. The zero-order chi connectivity index (χ0) is 16.4. The number of rotatable bonds is 4. The fourth-order valence-corrected chi connectivity index (χ4v) is 3.57. The van der Waals surface area contributed by atoms with E-state index in [0.717, 1.165) is 42.7 Å². The molecule has 1 fully saturated rings. The number of piperazine rings is 1. The van der Waals surface area contributed by atoms with E-state index in [0.29, 0.717) is 11.8 Å². The average Bonchev–Trinajstić information content (AvgIpc) is 2.96. The Balaban J connectivity index is 1.63. The fourth-order valence-electron chi connectivity index (χ4n) is 2.86. The molecule has 2 aromatic rings. The minimum atomic E-state index is -0.305. The van der Waals surface area contributed by atoms with Gasteiger partial charge in [0.2, 0.25) is 5.13 Å². The van der Waals surface area contributed by atoms with Gasteiger partial charge in [0.25, 0.3) is 0 Å². The maximum atomic E-state index is 13.8. The minimum Gasteiger partial charge on any atom is -0.494 e. The highest BCUT2D eigenvalue weighted by Gasteiger charge is 2.25. The van der Waals surface area contributed by atoms with Crippen LogP contribution in [0.15, 0.2) is 18.2 Å². The normalized spacial score (nSPS) is 19.1. The molecule has 1 aliphatic rings. The zero-order valence-electron chi connectivity index (χ0n) is 13.6. The second kappa shape index (κ2) is 6.80. The molecule has 1 unspecified atom stereocenters. The molecule has 0 spiro atoms. The number of hydrogen-bond acceptors (Lipinski definition) is 6. The van der Waals surface area contributed by atoms with Crippen LogP contribution in [0, 0.1) is 12.7 Å². The Morgan fingerprint density at radius 1 is 1.39 bits per heavy atom. The third-order valence-corrected chi connectivity index (χ3v) is 5.02. The van der Waals surface area contributed by atoms with E-state index >= 15 is 0 Å². The summed E-state index contributed by atoms with van der Waals surface area (Å²) in [6.07, 6.45) is 0. The summed E-state index contributed by atoms with van der Waals surface area (Å²) in [5.74, 6) is 0.813. The smallest absolute Gasteiger partial charge is 0.205 e. The molecule has 3 rings (SSSR count). The summed E-state index contributed by atoms with van der Waals surface area (Å²) in [7, 11) is 1.48. The largest absolute Gasteiger partial charge is 0.494 e. The lowest BCUT2D eigenvalue weighted by Crippen LogP contribution is -2.51. The summed E-state index contributed by atoms with van der Waals surface area (Å²) in [5, 5.41) is 0.990. The molecule has 1 saturated heterocycles. The van der Waals surface area contributed by atoms with E-state index in [1.807, 2.05) is 13.0 Å². The molecule has 0 aliphatic carbocycles. The summed E-state index contributed by atoms with van der Waals surface area (Å²) in [6, 6.07) is 5.55. The van der Waals surface area contributed by atoms with Crippen molar-refractivity contribution in [1.82, 2.24) is 14.3 Å². The van der Waals surface area contributed by atoms with Gasteiger partial charge in [0.05, 0.1) is 7.11 Å². The van der Waals surface area contributed by atoms with Gasteiger partial charge in [-0.1, -0.05) is 6.07 Å². The molecular weight excluding hydrogens is 315 g/mol. The van der Waals surface area contributed by atoms with Crippen LogP contribution in [0.25, 0.3) is 0 Å². The standard InChI is InChI=1S/C16H21FN4OS/c1-11-9-21(16-18-12(2)19-23-16)7-6-20(11)10-13-4-5-15(22-3)14(17)8-13/h4-5,8,11H,6-7,9-10H2,1-3H3. The van der Waals surface area contributed by atoms with Gasteiger partial charge in [0.1, 0.15) is 5.82 Å². The number of anilines is 1. The maximum Gasteiger partial charge on any atom is 0.205 e. The van der Waals surface area contributed by atoms with Gasteiger partial charge in [-0.25, -0.2) is 9.37 Å². The highest BCUT2D eigenvalue weighted by atomic mass is 32.1. The van der Waals surface area contributed by atoms with Gasteiger partial charge in [-0.15, -0.1) is 0 Å². The van der Waals surface area contributed by atoms with Gasteiger partial charge in [-0.05, 0) is 31.5 Å². The quantitative estimate of drug-likeness (QED) is 0.859. The Bertz CT molecular complexity index is 678. The number of nitrogens with zero attached hydrogens (tertiary/aromatic N) is 4. The number of ether oxygens (including phenoxy) is 1. The Morgan fingerprint density at radius 3 is 2.83 bits per heavy atom. The van der Waals surface area contributed by atoms with Crippen molar-refractivity contribution >= 4 is 16.7 Å². The molecular formula is C16H21FN4OS. The Kier molecular flexibility index (Phi) is 4.77. The Morgan fingerprint density at radius 2 is 2.22 bits per heavy atom. The number of halogens is 1. The van der Waals surface area contributed by atoms with Gasteiger partial charge in [0.15, 0.2) is 11.6 Å². The van der Waals surface area contributed by atoms with Crippen LogP contribution < -0.4 is 9.64 Å². The van der Waals surface area contributed by atoms with Crippen molar-refractivity contribution in [2.45, 2.75) is 26.4 Å². The number of aryl methyl sites for hydroxylation is 1. The Hall–Kier alpha value is -1.73. The molecule has 7 heteroatoms. The molecule has 0 saturated carbocycles. The van der Waals surface area contributed by atoms with E-state index in [9.17, 15) is 4.39 Å². The van der Waals surface area contributed by atoms with Crippen molar-refractivity contribution in [1.29, 1.82) is 0 Å². The predicted octanol–water partition coefficient (Wildman–Crippen LogP) is 2.70. The highest BCUT2D eigenvalue weighted by molar-refractivity contribution is 7.09. The third kappa shape index (κ3) is 3.61. The van der Waals surface area contributed by atoms with E-state index in [-0.39, 0.29) is 5.82 Å². The van der Waals surface area contributed by atoms with Crippen molar-refractivity contribution in [3.63, 3.8) is 0 Å². The van der Waals surface area contributed by atoms with Crippen LogP contribution >= 0.6 is 11.5 Å². The van der Waals surface area contributed by atoms with Crippen LogP contribution in [0.3, 0.4) is 0 Å². The van der Waals surface area contributed by atoms with Crippen molar-refractivity contribution in [3.05, 3.63) is 35.4 Å². The van der Waals surface area contributed by atoms with Crippen LogP contribution in [0.2, 0.25) is 0 Å². The van der Waals surface area contributed by atoms with Crippen LogP contribution in [-0.2, 0) is 6.54 Å². The van der Waals surface area contributed by atoms with Crippen LogP contribution in [0.4, 0.5) is 9.52 Å². The van der Waals surface area contributed by atoms with Gasteiger partial charge in [-0.3, -0.25) is 4.90 Å². The number of methoxy groups -OCH3 is 1. The molecule has 0 bridgehead atoms. The van der Waals surface area contributed by atoms with E-state index in [4.69, 9.17) is 4.74 Å². The van der Waals surface area contributed by atoms with E-state index in [1.54, 1.807) is 12.1 Å². The van der Waals surface area contributed by atoms with Gasteiger partial charge in [-0.2, -0.15) is 4.37 Å².